The Labute approximate surface area is 119 Å². The van der Waals surface area contributed by atoms with Crippen molar-refractivity contribution in [2.45, 2.75) is 0 Å². The number of fused-ring (bicyclic) bond motifs is 1. The van der Waals surface area contributed by atoms with E-state index in [1.165, 1.54) is 12.1 Å². The van der Waals surface area contributed by atoms with Crippen molar-refractivity contribution < 1.29 is 14.6 Å². The van der Waals surface area contributed by atoms with Crippen LogP contribution in [-0.4, -0.2) is 21.0 Å². The van der Waals surface area contributed by atoms with Gasteiger partial charge in [-0.05, 0) is 30.3 Å². The number of rotatable bonds is 3. The Morgan fingerprint density at radius 1 is 1.19 bits per heavy atom. The van der Waals surface area contributed by atoms with Crippen LogP contribution < -0.4 is 10.5 Å². The number of hydrogen-bond donors (Lipinski definition) is 2. The first-order chi connectivity index (χ1) is 10.1. The molecule has 1 aromatic carbocycles. The van der Waals surface area contributed by atoms with Crippen LogP contribution in [0.2, 0.25) is 0 Å². The van der Waals surface area contributed by atoms with Crippen LogP contribution in [0.1, 0.15) is 10.5 Å². The average molecular weight is 281 g/mol. The van der Waals surface area contributed by atoms with E-state index in [1.54, 1.807) is 18.3 Å². The van der Waals surface area contributed by atoms with Gasteiger partial charge in [-0.25, -0.2) is 9.78 Å². The highest BCUT2D eigenvalue weighted by atomic mass is 16.5. The van der Waals surface area contributed by atoms with Crippen molar-refractivity contribution >= 4 is 22.6 Å². The molecule has 0 unspecified atom stereocenters. The van der Waals surface area contributed by atoms with Gasteiger partial charge in [-0.3, -0.25) is 4.98 Å². The van der Waals surface area contributed by atoms with Crippen LogP contribution in [0.3, 0.4) is 0 Å². The summed E-state index contributed by atoms with van der Waals surface area (Å²) in [6.07, 6.45) is 1.68. The first-order valence-electron chi connectivity index (χ1n) is 6.16. The standard InChI is InChI=1S/C15H11N3O3/c16-11-5-6-12(15(19)20)18-14(11)21-10-4-3-9-2-1-7-17-13(9)8-10/h1-8H,16H2,(H,19,20). The second kappa shape index (κ2) is 5.09. The molecular formula is C15H11N3O3. The molecule has 3 N–H and O–H groups in total. The van der Waals surface area contributed by atoms with Crippen molar-refractivity contribution in [1.82, 2.24) is 9.97 Å². The fourth-order valence-corrected chi connectivity index (χ4v) is 1.87. The maximum absolute atomic E-state index is 10.9. The lowest BCUT2D eigenvalue weighted by Gasteiger charge is -2.08. The predicted octanol–water partition coefficient (Wildman–Crippen LogP) is 2.70. The first kappa shape index (κ1) is 12.9. The SMILES string of the molecule is Nc1ccc(C(=O)O)nc1Oc1ccc2cccnc2c1. The molecule has 0 aliphatic rings. The number of benzene rings is 1. The number of aromatic nitrogens is 2. The van der Waals surface area contributed by atoms with E-state index >= 15 is 0 Å². The van der Waals surface area contributed by atoms with Crippen molar-refractivity contribution in [3.05, 3.63) is 54.4 Å². The smallest absolute Gasteiger partial charge is 0.354 e. The molecule has 0 radical (unpaired) electrons. The molecule has 2 heterocycles. The molecule has 6 nitrogen and oxygen atoms in total. The Morgan fingerprint density at radius 3 is 2.86 bits per heavy atom. The van der Waals surface area contributed by atoms with Crippen LogP contribution >= 0.6 is 0 Å². The number of carbonyl (C=O) groups is 1. The van der Waals surface area contributed by atoms with Crippen molar-refractivity contribution in [2.24, 2.45) is 0 Å². The largest absolute Gasteiger partial charge is 0.477 e. The highest BCUT2D eigenvalue weighted by Crippen LogP contribution is 2.27. The molecule has 0 aliphatic heterocycles. The molecule has 0 spiro atoms. The molecule has 0 amide bonds. The summed E-state index contributed by atoms with van der Waals surface area (Å²) in [7, 11) is 0. The van der Waals surface area contributed by atoms with Crippen molar-refractivity contribution in [1.29, 1.82) is 0 Å². The molecule has 2 aromatic heterocycles. The first-order valence-corrected chi connectivity index (χ1v) is 6.16. The summed E-state index contributed by atoms with van der Waals surface area (Å²) < 4.78 is 5.57. The molecule has 21 heavy (non-hydrogen) atoms. The van der Waals surface area contributed by atoms with Gasteiger partial charge in [0.25, 0.3) is 0 Å². The molecule has 3 rings (SSSR count). The van der Waals surface area contributed by atoms with Gasteiger partial charge in [0.1, 0.15) is 5.75 Å². The third-order valence-electron chi connectivity index (χ3n) is 2.90. The number of aromatic carboxylic acids is 1. The zero-order valence-corrected chi connectivity index (χ0v) is 10.9. The number of ether oxygens (including phenoxy) is 1. The third kappa shape index (κ3) is 2.59. The van der Waals surface area contributed by atoms with E-state index in [4.69, 9.17) is 15.6 Å². The minimum absolute atomic E-state index is 0.0604. The average Bonchev–Trinajstić information content (AvgIpc) is 2.49. The summed E-state index contributed by atoms with van der Waals surface area (Å²) in [6, 6.07) is 11.9. The molecule has 3 aromatic rings. The van der Waals surface area contributed by atoms with Crippen molar-refractivity contribution in [3.63, 3.8) is 0 Å². The molecular weight excluding hydrogens is 270 g/mol. The third-order valence-corrected chi connectivity index (χ3v) is 2.90. The van der Waals surface area contributed by atoms with Crippen LogP contribution in [0.25, 0.3) is 10.9 Å². The van der Waals surface area contributed by atoms with Gasteiger partial charge in [0.05, 0.1) is 11.2 Å². The van der Waals surface area contributed by atoms with E-state index in [0.29, 0.717) is 5.75 Å². The number of hydrogen-bond acceptors (Lipinski definition) is 5. The number of pyridine rings is 2. The Hall–Kier alpha value is -3.15. The summed E-state index contributed by atoms with van der Waals surface area (Å²) in [6.45, 7) is 0. The molecule has 104 valence electrons. The molecule has 6 heteroatoms. The normalized spacial score (nSPS) is 10.5. The van der Waals surface area contributed by atoms with E-state index in [0.717, 1.165) is 10.9 Å². The van der Waals surface area contributed by atoms with Crippen LogP contribution in [0.15, 0.2) is 48.7 Å². The van der Waals surface area contributed by atoms with Gasteiger partial charge in [-0.15, -0.1) is 0 Å². The van der Waals surface area contributed by atoms with Crippen molar-refractivity contribution in [2.75, 3.05) is 5.73 Å². The highest BCUT2D eigenvalue weighted by molar-refractivity contribution is 5.86. The molecule has 0 aliphatic carbocycles. The fraction of sp³-hybridized carbons (Fsp3) is 0. The number of anilines is 1. The van der Waals surface area contributed by atoms with Crippen LogP contribution in [0.4, 0.5) is 5.69 Å². The number of nitrogens with zero attached hydrogens (tertiary/aromatic N) is 2. The van der Waals surface area contributed by atoms with Crippen molar-refractivity contribution in [3.8, 4) is 11.6 Å². The number of carboxylic acids is 1. The second-order valence-electron chi connectivity index (χ2n) is 4.36. The van der Waals surface area contributed by atoms with Crippen LogP contribution in [0, 0.1) is 0 Å². The minimum atomic E-state index is -1.14. The predicted molar refractivity (Wildman–Crippen MR) is 77.4 cm³/mol. The van der Waals surface area contributed by atoms with Gasteiger partial charge in [-0.2, -0.15) is 0 Å². The molecule has 0 atom stereocenters. The van der Waals surface area contributed by atoms with Gasteiger partial charge in [0.15, 0.2) is 5.69 Å². The summed E-state index contributed by atoms with van der Waals surface area (Å²) >= 11 is 0. The van der Waals surface area contributed by atoms with Gasteiger partial charge in [0.2, 0.25) is 5.88 Å². The van der Waals surface area contributed by atoms with E-state index in [-0.39, 0.29) is 17.3 Å². The zero-order chi connectivity index (χ0) is 14.8. The quantitative estimate of drug-likeness (QED) is 0.765. The molecule has 0 bridgehead atoms. The summed E-state index contributed by atoms with van der Waals surface area (Å²) in [4.78, 5) is 19.0. The Balaban J connectivity index is 1.98. The monoisotopic (exact) mass is 281 g/mol. The van der Waals surface area contributed by atoms with E-state index in [1.807, 2.05) is 18.2 Å². The van der Waals surface area contributed by atoms with Gasteiger partial charge >= 0.3 is 5.97 Å². The lowest BCUT2D eigenvalue weighted by atomic mass is 10.2. The lowest BCUT2D eigenvalue weighted by Crippen LogP contribution is -2.03. The summed E-state index contributed by atoms with van der Waals surface area (Å²) in [5, 5.41) is 9.92. The van der Waals surface area contributed by atoms with E-state index < -0.39 is 5.97 Å². The highest BCUT2D eigenvalue weighted by Gasteiger charge is 2.10. The lowest BCUT2D eigenvalue weighted by molar-refractivity contribution is 0.0689. The summed E-state index contributed by atoms with van der Waals surface area (Å²) in [5.74, 6) is -0.590. The maximum atomic E-state index is 10.9. The fourth-order valence-electron chi connectivity index (χ4n) is 1.87. The second-order valence-corrected chi connectivity index (χ2v) is 4.36. The van der Waals surface area contributed by atoms with Crippen LogP contribution in [-0.2, 0) is 0 Å². The van der Waals surface area contributed by atoms with Gasteiger partial charge < -0.3 is 15.6 Å². The minimum Gasteiger partial charge on any atom is -0.477 e. The maximum Gasteiger partial charge on any atom is 0.354 e. The van der Waals surface area contributed by atoms with E-state index in [2.05, 4.69) is 9.97 Å². The van der Waals surface area contributed by atoms with Crippen LogP contribution in [0.5, 0.6) is 11.6 Å². The van der Waals surface area contributed by atoms with Gasteiger partial charge in [0, 0.05) is 17.6 Å². The Morgan fingerprint density at radius 2 is 2.05 bits per heavy atom. The summed E-state index contributed by atoms with van der Waals surface area (Å²) in [5.41, 5.74) is 6.66. The number of nitrogens with two attached hydrogens (primary N) is 1. The molecule has 0 fully saturated rings. The topological polar surface area (TPSA) is 98.3 Å². The van der Waals surface area contributed by atoms with Gasteiger partial charge in [-0.1, -0.05) is 6.07 Å². The molecule has 0 saturated carbocycles. The van der Waals surface area contributed by atoms with E-state index in [9.17, 15) is 4.79 Å². The Bertz CT molecular complexity index is 833. The molecule has 0 saturated heterocycles. The zero-order valence-electron chi connectivity index (χ0n) is 10.9. The number of carboxylic acid groups (broad SMARTS) is 1. The number of nitrogen functional groups attached to an aromatic ring is 1. The Kier molecular flexibility index (Phi) is 3.12.